The maximum absolute atomic E-state index is 13.1. The van der Waals surface area contributed by atoms with Crippen LogP contribution in [-0.4, -0.2) is 28.6 Å². The third-order valence-electron chi connectivity index (χ3n) is 7.25. The second-order valence-corrected chi connectivity index (χ2v) is 8.88. The van der Waals surface area contributed by atoms with E-state index >= 15 is 0 Å². The van der Waals surface area contributed by atoms with E-state index < -0.39 is 0 Å². The van der Waals surface area contributed by atoms with E-state index in [1.807, 2.05) is 0 Å². The van der Waals surface area contributed by atoms with Crippen LogP contribution in [0.4, 0.5) is 0 Å². The Morgan fingerprint density at radius 1 is 1.10 bits per heavy atom. The zero-order chi connectivity index (χ0) is 15.6. The molecule has 120 valence electrons. The summed E-state index contributed by atoms with van der Waals surface area (Å²) in [4.78, 5) is 15.4. The van der Waals surface area contributed by atoms with Crippen LogP contribution in [0.2, 0.25) is 0 Å². The van der Waals surface area contributed by atoms with Gasteiger partial charge in [-0.2, -0.15) is 0 Å². The second kappa shape index (κ2) is 4.47. The molecule has 1 amide bonds. The Bertz CT molecular complexity index is 436. The minimum atomic E-state index is -0.359. The molecule has 21 heavy (non-hydrogen) atoms. The van der Waals surface area contributed by atoms with Gasteiger partial charge in [0.1, 0.15) is 0 Å². The van der Waals surface area contributed by atoms with Crippen molar-refractivity contribution in [2.45, 2.75) is 91.4 Å². The molecule has 1 heterocycles. The van der Waals surface area contributed by atoms with Crippen molar-refractivity contribution < 1.29 is 4.79 Å². The normalized spacial score (nSPS) is 39.2. The predicted molar refractivity (Wildman–Crippen MR) is 85.8 cm³/mol. The Morgan fingerprint density at radius 3 is 2.05 bits per heavy atom. The van der Waals surface area contributed by atoms with Crippen molar-refractivity contribution in [2.75, 3.05) is 0 Å². The van der Waals surface area contributed by atoms with Crippen LogP contribution in [0.1, 0.15) is 73.6 Å². The lowest BCUT2D eigenvalue weighted by molar-refractivity contribution is -0.134. The summed E-state index contributed by atoms with van der Waals surface area (Å²) in [6.07, 6.45) is 6.33. The average molecular weight is 292 g/mol. The van der Waals surface area contributed by atoms with Gasteiger partial charge < -0.3 is 4.90 Å². The fraction of sp³-hybridized carbons (Fsp3) is 0.944. The smallest absolute Gasteiger partial charge is 0.244 e. The van der Waals surface area contributed by atoms with Crippen LogP contribution in [0, 0.1) is 16.7 Å². The summed E-state index contributed by atoms with van der Waals surface area (Å²) in [6, 6.07) is 0.379. The number of carbonyl (C=O) groups is 1. The standard InChI is InChI=1S/C18H32N2O/c1-7-18(6)15(21)20(14-16(2,3)17(14,4)5)13(19-18)12-10-8-9-11-12/h12-14,19H,7-11H2,1-6H3. The molecule has 3 fully saturated rings. The Hall–Kier alpha value is -0.570. The molecule has 2 aliphatic carbocycles. The molecule has 2 saturated carbocycles. The van der Waals surface area contributed by atoms with Crippen LogP contribution in [0.25, 0.3) is 0 Å². The van der Waals surface area contributed by atoms with Gasteiger partial charge in [-0.1, -0.05) is 47.5 Å². The van der Waals surface area contributed by atoms with E-state index in [0.29, 0.717) is 17.9 Å². The van der Waals surface area contributed by atoms with Gasteiger partial charge in [-0.05, 0) is 42.9 Å². The molecule has 2 atom stereocenters. The molecule has 1 saturated heterocycles. The zero-order valence-corrected chi connectivity index (χ0v) is 14.6. The van der Waals surface area contributed by atoms with Crippen molar-refractivity contribution in [1.82, 2.24) is 10.2 Å². The molecule has 3 heteroatoms. The lowest BCUT2D eigenvalue weighted by Gasteiger charge is -2.31. The number of nitrogens with zero attached hydrogens (tertiary/aromatic N) is 1. The second-order valence-electron chi connectivity index (χ2n) is 8.88. The quantitative estimate of drug-likeness (QED) is 0.863. The zero-order valence-electron chi connectivity index (χ0n) is 14.6. The molecule has 2 unspecified atom stereocenters. The first-order valence-electron chi connectivity index (χ1n) is 8.77. The van der Waals surface area contributed by atoms with Gasteiger partial charge in [0.2, 0.25) is 5.91 Å². The van der Waals surface area contributed by atoms with Gasteiger partial charge in [0.05, 0.1) is 11.7 Å². The topological polar surface area (TPSA) is 32.3 Å². The maximum Gasteiger partial charge on any atom is 0.244 e. The van der Waals surface area contributed by atoms with Crippen LogP contribution >= 0.6 is 0 Å². The van der Waals surface area contributed by atoms with E-state index in [2.05, 4.69) is 51.8 Å². The van der Waals surface area contributed by atoms with Gasteiger partial charge in [-0.3, -0.25) is 10.1 Å². The third-order valence-corrected chi connectivity index (χ3v) is 7.25. The van der Waals surface area contributed by atoms with E-state index in [-0.39, 0.29) is 22.5 Å². The number of carbonyl (C=O) groups excluding carboxylic acids is 1. The van der Waals surface area contributed by atoms with Crippen molar-refractivity contribution in [3.8, 4) is 0 Å². The molecule has 3 nitrogen and oxygen atoms in total. The monoisotopic (exact) mass is 292 g/mol. The number of hydrogen-bond acceptors (Lipinski definition) is 2. The summed E-state index contributed by atoms with van der Waals surface area (Å²) >= 11 is 0. The lowest BCUT2D eigenvalue weighted by atomic mass is 9.99. The van der Waals surface area contributed by atoms with Crippen molar-refractivity contribution in [1.29, 1.82) is 0 Å². The van der Waals surface area contributed by atoms with E-state index in [1.54, 1.807) is 0 Å². The molecule has 0 aromatic heterocycles. The summed E-state index contributed by atoms with van der Waals surface area (Å²) in [5.74, 6) is 0.986. The van der Waals surface area contributed by atoms with Crippen molar-refractivity contribution in [2.24, 2.45) is 16.7 Å². The predicted octanol–water partition coefficient (Wildman–Crippen LogP) is 3.54. The van der Waals surface area contributed by atoms with E-state index in [0.717, 1.165) is 6.42 Å². The lowest BCUT2D eigenvalue weighted by Crippen LogP contribution is -2.46. The number of amides is 1. The largest absolute Gasteiger partial charge is 0.321 e. The molecular weight excluding hydrogens is 260 g/mol. The maximum atomic E-state index is 13.1. The molecule has 0 radical (unpaired) electrons. The number of hydrogen-bond donors (Lipinski definition) is 1. The van der Waals surface area contributed by atoms with Gasteiger partial charge in [0.25, 0.3) is 0 Å². The molecule has 0 aromatic rings. The van der Waals surface area contributed by atoms with E-state index in [4.69, 9.17) is 0 Å². The highest BCUT2D eigenvalue weighted by molar-refractivity contribution is 5.89. The first-order chi connectivity index (χ1) is 9.67. The molecule has 1 aliphatic heterocycles. The fourth-order valence-corrected chi connectivity index (χ4v) is 4.88. The van der Waals surface area contributed by atoms with Crippen LogP contribution in [0.15, 0.2) is 0 Å². The minimum absolute atomic E-state index is 0.222. The molecule has 3 rings (SSSR count). The molecule has 0 bridgehead atoms. The number of rotatable bonds is 3. The first kappa shape index (κ1) is 15.3. The molecule has 3 aliphatic rings. The summed E-state index contributed by atoms with van der Waals surface area (Å²) in [7, 11) is 0. The van der Waals surface area contributed by atoms with Gasteiger partial charge in [0.15, 0.2) is 0 Å². The molecule has 0 spiro atoms. The van der Waals surface area contributed by atoms with Crippen LogP contribution in [-0.2, 0) is 4.79 Å². The molecular formula is C18H32N2O. The SMILES string of the molecule is CCC1(C)NC(C2CCCC2)N(C2C(C)(C)C2(C)C)C1=O. The minimum Gasteiger partial charge on any atom is -0.321 e. The van der Waals surface area contributed by atoms with Crippen LogP contribution in [0.3, 0.4) is 0 Å². The van der Waals surface area contributed by atoms with Crippen molar-refractivity contribution in [3.05, 3.63) is 0 Å². The fourth-order valence-electron chi connectivity index (χ4n) is 4.88. The molecule has 1 N–H and O–H groups in total. The van der Waals surface area contributed by atoms with E-state index in [9.17, 15) is 4.79 Å². The van der Waals surface area contributed by atoms with Crippen LogP contribution in [0.5, 0.6) is 0 Å². The summed E-state index contributed by atoms with van der Waals surface area (Å²) in [5.41, 5.74) is 0.0857. The van der Waals surface area contributed by atoms with Gasteiger partial charge in [-0.15, -0.1) is 0 Å². The summed E-state index contributed by atoms with van der Waals surface area (Å²) < 4.78 is 0. The average Bonchev–Trinajstić information content (AvgIpc) is 2.89. The Morgan fingerprint density at radius 2 is 1.62 bits per heavy atom. The van der Waals surface area contributed by atoms with E-state index in [1.165, 1.54) is 25.7 Å². The summed E-state index contributed by atoms with van der Waals surface area (Å²) in [5, 5.41) is 3.73. The first-order valence-corrected chi connectivity index (χ1v) is 8.77. The highest BCUT2D eigenvalue weighted by Gasteiger charge is 2.71. The van der Waals surface area contributed by atoms with Crippen molar-refractivity contribution >= 4 is 5.91 Å². The van der Waals surface area contributed by atoms with Gasteiger partial charge in [0, 0.05) is 6.04 Å². The van der Waals surface area contributed by atoms with Crippen LogP contribution < -0.4 is 5.32 Å². The third kappa shape index (κ3) is 1.92. The Labute approximate surface area is 129 Å². The Kier molecular flexibility index (Phi) is 3.26. The highest BCUT2D eigenvalue weighted by Crippen LogP contribution is 2.66. The van der Waals surface area contributed by atoms with Gasteiger partial charge in [-0.25, -0.2) is 0 Å². The van der Waals surface area contributed by atoms with Gasteiger partial charge >= 0.3 is 0 Å². The number of nitrogens with one attached hydrogen (secondary N) is 1. The summed E-state index contributed by atoms with van der Waals surface area (Å²) in [6.45, 7) is 13.5. The Balaban J connectivity index is 1.93. The highest BCUT2D eigenvalue weighted by atomic mass is 16.2. The van der Waals surface area contributed by atoms with Crippen molar-refractivity contribution in [3.63, 3.8) is 0 Å². The molecule has 0 aromatic carbocycles.